The van der Waals surface area contributed by atoms with Gasteiger partial charge >= 0.3 is 6.18 Å². The molecular formula is C35H38F3N5O2. The van der Waals surface area contributed by atoms with E-state index in [4.69, 9.17) is 4.74 Å². The third-order valence-corrected chi connectivity index (χ3v) is 8.22. The first-order valence-corrected chi connectivity index (χ1v) is 15.1. The van der Waals surface area contributed by atoms with E-state index in [9.17, 15) is 18.0 Å². The molecule has 1 aliphatic carbocycles. The summed E-state index contributed by atoms with van der Waals surface area (Å²) in [4.78, 5) is 24.4. The highest BCUT2D eigenvalue weighted by Gasteiger charge is 2.30. The first kappa shape index (κ1) is 32.1. The number of morpholine rings is 1. The number of hydrogen-bond acceptors (Lipinski definition) is 5. The van der Waals surface area contributed by atoms with Crippen molar-refractivity contribution in [2.45, 2.75) is 45.3 Å². The van der Waals surface area contributed by atoms with E-state index < -0.39 is 11.7 Å². The van der Waals surface area contributed by atoms with Crippen LogP contribution in [0.5, 0.6) is 0 Å². The van der Waals surface area contributed by atoms with Gasteiger partial charge in [-0.1, -0.05) is 54.1 Å². The normalized spacial score (nSPS) is 17.2. The van der Waals surface area contributed by atoms with Crippen molar-refractivity contribution in [3.63, 3.8) is 0 Å². The molecule has 1 N–H and O–H groups in total. The fraction of sp³-hybridized carbons (Fsp3) is 0.343. The average molecular weight is 618 g/mol. The minimum atomic E-state index is -4.41. The summed E-state index contributed by atoms with van der Waals surface area (Å²) < 4.78 is 45.7. The van der Waals surface area contributed by atoms with Crippen molar-refractivity contribution in [2.75, 3.05) is 31.6 Å². The molecular weight excluding hydrogens is 579 g/mol. The molecule has 0 saturated carbocycles. The standard InChI is InChI=1S/C28H30F3N5O2.C7H8/c1-18-15-22(16-32-25(18)19-5-9-23(10-6-19)36-11-13-38-14-12-36)34-27(37)24-17-33-26(35(24)2)20-3-7-21(8-4-20)28(29,30)31;1-7-5-3-2-4-6-7/h3-5,7-8,15-17,23H,6,9-14H2,1-2H3,(H,34,37);2-6H,1H3. The number of nitrogens with one attached hydrogen (secondary N) is 1. The number of hydrogen-bond donors (Lipinski definition) is 1. The first-order chi connectivity index (χ1) is 21.6. The van der Waals surface area contributed by atoms with Crippen molar-refractivity contribution in [3.8, 4) is 11.4 Å². The van der Waals surface area contributed by atoms with Gasteiger partial charge in [-0.05, 0) is 62.4 Å². The molecule has 1 aliphatic heterocycles. The van der Waals surface area contributed by atoms with E-state index in [2.05, 4.69) is 45.3 Å². The molecule has 45 heavy (non-hydrogen) atoms. The Balaban J connectivity index is 0.000000505. The quantitative estimate of drug-likeness (QED) is 0.254. The predicted octanol–water partition coefficient (Wildman–Crippen LogP) is 7.32. The Morgan fingerprint density at radius 3 is 2.27 bits per heavy atom. The highest BCUT2D eigenvalue weighted by Crippen LogP contribution is 2.32. The van der Waals surface area contributed by atoms with E-state index in [1.54, 1.807) is 17.8 Å². The molecule has 1 saturated heterocycles. The summed E-state index contributed by atoms with van der Waals surface area (Å²) in [6.45, 7) is 7.65. The number of benzene rings is 2. The van der Waals surface area contributed by atoms with Crippen LogP contribution >= 0.6 is 0 Å². The third kappa shape index (κ3) is 8.06. The van der Waals surface area contributed by atoms with Crippen molar-refractivity contribution in [2.24, 2.45) is 7.05 Å². The van der Waals surface area contributed by atoms with Gasteiger partial charge in [-0.2, -0.15) is 13.2 Å². The molecule has 10 heteroatoms. The number of aryl methyl sites for hydroxylation is 2. The van der Waals surface area contributed by atoms with Crippen LogP contribution < -0.4 is 5.32 Å². The number of imidazole rings is 1. The van der Waals surface area contributed by atoms with Gasteiger partial charge < -0.3 is 14.6 Å². The lowest BCUT2D eigenvalue weighted by atomic mass is 9.90. The summed E-state index contributed by atoms with van der Waals surface area (Å²) >= 11 is 0. The molecule has 3 heterocycles. The van der Waals surface area contributed by atoms with Crippen molar-refractivity contribution >= 4 is 17.2 Å². The molecule has 7 nitrogen and oxygen atoms in total. The molecule has 236 valence electrons. The zero-order valence-electron chi connectivity index (χ0n) is 25.8. The molecule has 4 aromatic rings. The lowest BCUT2D eigenvalue weighted by molar-refractivity contribution is -0.137. The molecule has 1 amide bonds. The largest absolute Gasteiger partial charge is 0.416 e. The summed E-state index contributed by atoms with van der Waals surface area (Å²) in [5.41, 5.74) is 5.09. The van der Waals surface area contributed by atoms with Crippen molar-refractivity contribution in [1.82, 2.24) is 19.4 Å². The van der Waals surface area contributed by atoms with Gasteiger partial charge in [0.05, 0.1) is 42.6 Å². The lowest BCUT2D eigenvalue weighted by Gasteiger charge is -2.36. The Bertz CT molecular complexity index is 1630. The fourth-order valence-electron chi connectivity index (χ4n) is 5.72. The third-order valence-electron chi connectivity index (χ3n) is 8.22. The van der Waals surface area contributed by atoms with Crippen LogP contribution in [0.25, 0.3) is 17.0 Å². The second kappa shape index (κ2) is 14.2. The molecule has 0 spiro atoms. The van der Waals surface area contributed by atoms with Gasteiger partial charge in [0.1, 0.15) is 11.5 Å². The van der Waals surface area contributed by atoms with Gasteiger partial charge in [-0.25, -0.2) is 4.98 Å². The molecule has 2 aromatic carbocycles. The maximum Gasteiger partial charge on any atom is 0.416 e. The topological polar surface area (TPSA) is 72.3 Å². The smallest absolute Gasteiger partial charge is 0.379 e. The van der Waals surface area contributed by atoms with Crippen molar-refractivity contribution in [3.05, 3.63) is 107 Å². The molecule has 1 unspecified atom stereocenters. The van der Waals surface area contributed by atoms with Crippen LogP contribution in [0, 0.1) is 13.8 Å². The monoisotopic (exact) mass is 617 g/mol. The van der Waals surface area contributed by atoms with E-state index in [0.717, 1.165) is 69.0 Å². The van der Waals surface area contributed by atoms with Gasteiger partial charge in [-0.15, -0.1) is 0 Å². The number of allylic oxidation sites excluding steroid dienone is 1. The van der Waals surface area contributed by atoms with Crippen LogP contribution in [0.1, 0.15) is 52.1 Å². The number of amides is 1. The van der Waals surface area contributed by atoms with Gasteiger partial charge in [-0.3, -0.25) is 14.7 Å². The van der Waals surface area contributed by atoms with Crippen molar-refractivity contribution in [1.29, 1.82) is 0 Å². The molecule has 0 radical (unpaired) electrons. The van der Waals surface area contributed by atoms with Crippen LogP contribution in [0.15, 0.2) is 79.1 Å². The van der Waals surface area contributed by atoms with E-state index in [1.165, 1.54) is 29.5 Å². The minimum absolute atomic E-state index is 0.283. The summed E-state index contributed by atoms with van der Waals surface area (Å²) in [6.07, 6.45) is 3.99. The van der Waals surface area contributed by atoms with Gasteiger partial charge in [0.25, 0.3) is 5.91 Å². The Labute approximate surface area is 261 Å². The first-order valence-electron chi connectivity index (χ1n) is 15.1. The SMILES string of the molecule is Cc1cc(NC(=O)c2cnc(-c3ccc(C(F)(F)F)cc3)n2C)cnc1C1=CCC(N2CCOCC2)CC1.Cc1ccccc1. The number of rotatable bonds is 5. The second-order valence-corrected chi connectivity index (χ2v) is 11.4. The molecule has 1 fully saturated rings. The number of pyridine rings is 1. The number of nitrogens with zero attached hydrogens (tertiary/aromatic N) is 4. The maximum atomic E-state index is 13.0. The predicted molar refractivity (Wildman–Crippen MR) is 170 cm³/mol. The Morgan fingerprint density at radius 2 is 1.69 bits per heavy atom. The average Bonchev–Trinajstić information content (AvgIpc) is 3.43. The summed E-state index contributed by atoms with van der Waals surface area (Å²) in [5.74, 6) is 0.0190. The van der Waals surface area contributed by atoms with Crippen LogP contribution in [-0.2, 0) is 18.0 Å². The highest BCUT2D eigenvalue weighted by atomic mass is 19.4. The maximum absolute atomic E-state index is 13.0. The van der Waals surface area contributed by atoms with Gasteiger partial charge in [0.15, 0.2) is 0 Å². The second-order valence-electron chi connectivity index (χ2n) is 11.4. The number of halogens is 3. The minimum Gasteiger partial charge on any atom is -0.379 e. The number of ether oxygens (including phenoxy) is 1. The number of carbonyl (C=O) groups excluding carboxylic acids is 1. The number of alkyl halides is 3. The molecule has 1 atom stereocenters. The molecule has 6 rings (SSSR count). The van der Waals surface area contributed by atoms with Crippen molar-refractivity contribution < 1.29 is 22.7 Å². The number of anilines is 1. The summed E-state index contributed by atoms with van der Waals surface area (Å²) in [5, 5.41) is 2.86. The molecule has 2 aromatic heterocycles. The van der Waals surface area contributed by atoms with E-state index in [1.807, 2.05) is 31.2 Å². The van der Waals surface area contributed by atoms with E-state index in [0.29, 0.717) is 23.1 Å². The summed E-state index contributed by atoms with van der Waals surface area (Å²) in [7, 11) is 1.65. The molecule has 0 bridgehead atoms. The Hall–Kier alpha value is -4.28. The number of aromatic nitrogens is 3. The van der Waals surface area contributed by atoms with Crippen LogP contribution in [0.4, 0.5) is 18.9 Å². The lowest BCUT2D eigenvalue weighted by Crippen LogP contribution is -2.43. The van der Waals surface area contributed by atoms with Crippen LogP contribution in [-0.4, -0.2) is 57.7 Å². The Morgan fingerprint density at radius 1 is 0.978 bits per heavy atom. The zero-order valence-corrected chi connectivity index (χ0v) is 25.8. The van der Waals surface area contributed by atoms with E-state index >= 15 is 0 Å². The van der Waals surface area contributed by atoms with Crippen LogP contribution in [0.2, 0.25) is 0 Å². The van der Waals surface area contributed by atoms with Gasteiger partial charge in [0, 0.05) is 31.7 Å². The number of carbonyl (C=O) groups is 1. The Kier molecular flexibility index (Phi) is 10.1. The van der Waals surface area contributed by atoms with Gasteiger partial charge in [0.2, 0.25) is 0 Å². The highest BCUT2D eigenvalue weighted by molar-refractivity contribution is 6.03. The fourth-order valence-corrected chi connectivity index (χ4v) is 5.72. The summed E-state index contributed by atoms with van der Waals surface area (Å²) in [6, 6.07) is 17.4. The molecule has 2 aliphatic rings. The van der Waals surface area contributed by atoms with E-state index in [-0.39, 0.29) is 11.6 Å². The zero-order chi connectivity index (χ0) is 32.0. The van der Waals surface area contributed by atoms with Crippen LogP contribution in [0.3, 0.4) is 0 Å².